The summed E-state index contributed by atoms with van der Waals surface area (Å²) in [5.74, 6) is 1.59. The van der Waals surface area contributed by atoms with Gasteiger partial charge in [-0.2, -0.15) is 0 Å². The van der Waals surface area contributed by atoms with Crippen molar-refractivity contribution in [2.75, 3.05) is 5.88 Å². The zero-order chi connectivity index (χ0) is 9.68. The van der Waals surface area contributed by atoms with Crippen LogP contribution in [-0.4, -0.2) is 17.8 Å². The first-order chi connectivity index (χ1) is 6.24. The molecule has 1 aliphatic carbocycles. The van der Waals surface area contributed by atoms with Crippen molar-refractivity contribution >= 4 is 17.5 Å². The highest BCUT2D eigenvalue weighted by molar-refractivity contribution is 6.17. The third kappa shape index (κ3) is 4.51. The Morgan fingerprint density at radius 1 is 1.54 bits per heavy atom. The molecule has 0 aromatic carbocycles. The van der Waals surface area contributed by atoms with Gasteiger partial charge in [-0.15, -0.1) is 11.6 Å². The smallest absolute Gasteiger partial charge is 0.220 e. The molecule has 3 heteroatoms. The molecule has 0 spiro atoms. The van der Waals surface area contributed by atoms with E-state index >= 15 is 0 Å². The summed E-state index contributed by atoms with van der Waals surface area (Å²) in [5.41, 5.74) is 0. The molecule has 76 valence electrons. The molecular formula is C10H18ClNO. The van der Waals surface area contributed by atoms with Crippen molar-refractivity contribution in [1.29, 1.82) is 0 Å². The molecule has 0 bridgehead atoms. The summed E-state index contributed by atoms with van der Waals surface area (Å²) in [7, 11) is 0. The predicted molar refractivity (Wildman–Crippen MR) is 54.9 cm³/mol. The van der Waals surface area contributed by atoms with Gasteiger partial charge in [-0.05, 0) is 38.5 Å². The minimum absolute atomic E-state index is 0.185. The van der Waals surface area contributed by atoms with E-state index in [4.69, 9.17) is 11.6 Å². The predicted octanol–water partition coefficient (Wildman–Crippen LogP) is 2.31. The summed E-state index contributed by atoms with van der Waals surface area (Å²) >= 11 is 5.52. The quantitative estimate of drug-likeness (QED) is 0.521. The number of carbonyl (C=O) groups is 1. The van der Waals surface area contributed by atoms with E-state index in [9.17, 15) is 4.79 Å². The fraction of sp³-hybridized carbons (Fsp3) is 0.900. The van der Waals surface area contributed by atoms with Crippen LogP contribution in [-0.2, 0) is 4.79 Å². The molecule has 0 heterocycles. The molecule has 2 nitrogen and oxygen atoms in total. The molecule has 1 N–H and O–H groups in total. The van der Waals surface area contributed by atoms with E-state index in [1.54, 1.807) is 0 Å². The lowest BCUT2D eigenvalue weighted by Gasteiger charge is -2.12. The topological polar surface area (TPSA) is 29.1 Å². The number of hydrogen-bond donors (Lipinski definition) is 1. The van der Waals surface area contributed by atoms with Crippen LogP contribution in [0.25, 0.3) is 0 Å². The van der Waals surface area contributed by atoms with Gasteiger partial charge in [-0.1, -0.05) is 0 Å². The van der Waals surface area contributed by atoms with Crippen molar-refractivity contribution in [3.05, 3.63) is 0 Å². The number of amides is 1. The highest BCUT2D eigenvalue weighted by atomic mass is 35.5. The Kier molecular flexibility index (Phi) is 4.57. The van der Waals surface area contributed by atoms with Crippen LogP contribution in [0.15, 0.2) is 0 Å². The van der Waals surface area contributed by atoms with Gasteiger partial charge < -0.3 is 5.32 Å². The monoisotopic (exact) mass is 203 g/mol. The largest absolute Gasteiger partial charge is 0.353 e. The third-order valence-electron chi connectivity index (χ3n) is 2.51. The van der Waals surface area contributed by atoms with Crippen LogP contribution in [0.3, 0.4) is 0 Å². The number of alkyl halides is 1. The van der Waals surface area contributed by atoms with Crippen LogP contribution in [0.5, 0.6) is 0 Å². The standard InChI is InChI=1S/C10H18ClNO/c1-8(9-5-6-9)12-10(13)4-2-3-7-11/h8-9H,2-7H2,1H3,(H,12,13). The van der Waals surface area contributed by atoms with Gasteiger partial charge in [0.2, 0.25) is 5.91 Å². The van der Waals surface area contributed by atoms with E-state index < -0.39 is 0 Å². The first-order valence-electron chi connectivity index (χ1n) is 5.09. The van der Waals surface area contributed by atoms with Gasteiger partial charge >= 0.3 is 0 Å². The summed E-state index contributed by atoms with van der Waals surface area (Å²) in [6.45, 7) is 2.09. The van der Waals surface area contributed by atoms with Crippen molar-refractivity contribution < 1.29 is 4.79 Å². The second-order valence-electron chi connectivity index (χ2n) is 3.84. The molecule has 1 fully saturated rings. The van der Waals surface area contributed by atoms with Crippen LogP contribution in [0, 0.1) is 5.92 Å². The number of halogens is 1. The SMILES string of the molecule is CC(NC(=O)CCCCCl)C1CC1. The van der Waals surface area contributed by atoms with Crippen molar-refractivity contribution in [2.24, 2.45) is 5.92 Å². The molecule has 13 heavy (non-hydrogen) atoms. The average Bonchev–Trinajstić information content (AvgIpc) is 2.86. The number of unbranched alkanes of at least 4 members (excludes halogenated alkanes) is 1. The van der Waals surface area contributed by atoms with Crippen molar-refractivity contribution in [1.82, 2.24) is 5.32 Å². The average molecular weight is 204 g/mol. The van der Waals surface area contributed by atoms with Gasteiger partial charge in [0, 0.05) is 18.3 Å². The fourth-order valence-electron chi connectivity index (χ4n) is 1.42. The minimum Gasteiger partial charge on any atom is -0.353 e. The summed E-state index contributed by atoms with van der Waals surface area (Å²) in [5, 5.41) is 3.02. The van der Waals surface area contributed by atoms with Crippen molar-refractivity contribution in [3.63, 3.8) is 0 Å². The number of nitrogens with one attached hydrogen (secondary N) is 1. The van der Waals surface area contributed by atoms with E-state index in [-0.39, 0.29) is 5.91 Å². The van der Waals surface area contributed by atoms with Gasteiger partial charge in [0.05, 0.1) is 0 Å². The molecule has 1 aliphatic rings. The molecule has 1 rings (SSSR count). The molecule has 0 radical (unpaired) electrons. The van der Waals surface area contributed by atoms with Gasteiger partial charge in [0.25, 0.3) is 0 Å². The first kappa shape index (κ1) is 10.8. The van der Waals surface area contributed by atoms with Crippen LogP contribution in [0.2, 0.25) is 0 Å². The van der Waals surface area contributed by atoms with E-state index in [2.05, 4.69) is 12.2 Å². The minimum atomic E-state index is 0.185. The molecule has 0 aromatic rings. The second kappa shape index (κ2) is 5.48. The van der Waals surface area contributed by atoms with Crippen LogP contribution in [0.1, 0.15) is 39.0 Å². The molecule has 1 unspecified atom stereocenters. The van der Waals surface area contributed by atoms with Crippen molar-refractivity contribution in [3.8, 4) is 0 Å². The Labute approximate surface area is 85.0 Å². The third-order valence-corrected chi connectivity index (χ3v) is 2.77. The lowest BCUT2D eigenvalue weighted by Crippen LogP contribution is -2.33. The highest BCUT2D eigenvalue weighted by Crippen LogP contribution is 2.32. The summed E-state index contributed by atoms with van der Waals surface area (Å²) < 4.78 is 0. The van der Waals surface area contributed by atoms with Crippen LogP contribution >= 0.6 is 11.6 Å². The Balaban J connectivity index is 2.02. The van der Waals surface area contributed by atoms with E-state index in [0.29, 0.717) is 18.3 Å². The first-order valence-corrected chi connectivity index (χ1v) is 5.63. The number of carbonyl (C=O) groups excluding carboxylic acids is 1. The Morgan fingerprint density at radius 2 is 2.23 bits per heavy atom. The zero-order valence-corrected chi connectivity index (χ0v) is 8.94. The summed E-state index contributed by atoms with van der Waals surface area (Å²) in [6, 6.07) is 0.378. The Bertz CT molecular complexity index is 168. The van der Waals surface area contributed by atoms with Crippen molar-refractivity contribution in [2.45, 2.75) is 45.1 Å². The summed E-state index contributed by atoms with van der Waals surface area (Å²) in [6.07, 6.45) is 5.04. The molecular weight excluding hydrogens is 186 g/mol. The Hall–Kier alpha value is -0.240. The number of hydrogen-bond acceptors (Lipinski definition) is 1. The van der Waals surface area contributed by atoms with Gasteiger partial charge in [0.15, 0.2) is 0 Å². The molecule has 0 aromatic heterocycles. The molecule has 1 atom stereocenters. The summed E-state index contributed by atoms with van der Waals surface area (Å²) in [4.78, 5) is 11.3. The maximum Gasteiger partial charge on any atom is 0.220 e. The molecule has 0 aliphatic heterocycles. The zero-order valence-electron chi connectivity index (χ0n) is 8.18. The normalized spacial score (nSPS) is 18.3. The Morgan fingerprint density at radius 3 is 2.77 bits per heavy atom. The van der Waals surface area contributed by atoms with Crippen LogP contribution < -0.4 is 5.32 Å². The van der Waals surface area contributed by atoms with Gasteiger partial charge in [-0.3, -0.25) is 4.79 Å². The maximum absolute atomic E-state index is 11.3. The van der Waals surface area contributed by atoms with E-state index in [1.165, 1.54) is 12.8 Å². The number of rotatable bonds is 6. The fourth-order valence-corrected chi connectivity index (χ4v) is 1.61. The lowest BCUT2D eigenvalue weighted by molar-refractivity contribution is -0.121. The van der Waals surface area contributed by atoms with Crippen LogP contribution in [0.4, 0.5) is 0 Å². The van der Waals surface area contributed by atoms with E-state index in [0.717, 1.165) is 18.8 Å². The van der Waals surface area contributed by atoms with Gasteiger partial charge in [-0.25, -0.2) is 0 Å². The molecule has 1 saturated carbocycles. The molecule has 0 saturated heterocycles. The second-order valence-corrected chi connectivity index (χ2v) is 4.22. The maximum atomic E-state index is 11.3. The lowest BCUT2D eigenvalue weighted by atomic mass is 10.2. The highest BCUT2D eigenvalue weighted by Gasteiger charge is 2.28. The van der Waals surface area contributed by atoms with Gasteiger partial charge in [0.1, 0.15) is 0 Å². The molecule has 1 amide bonds. The van der Waals surface area contributed by atoms with E-state index in [1.807, 2.05) is 0 Å².